The summed E-state index contributed by atoms with van der Waals surface area (Å²) >= 11 is 0. The lowest BCUT2D eigenvalue weighted by Crippen LogP contribution is -2.48. The summed E-state index contributed by atoms with van der Waals surface area (Å²) in [6.45, 7) is 6.38. The molecule has 3 nitrogen and oxygen atoms in total. The van der Waals surface area contributed by atoms with Crippen molar-refractivity contribution < 1.29 is 4.79 Å². The average molecular weight is 297 g/mol. The van der Waals surface area contributed by atoms with Crippen LogP contribution < -0.4 is 5.73 Å². The molecule has 4 heteroatoms. The van der Waals surface area contributed by atoms with Crippen LogP contribution in [0.2, 0.25) is 0 Å². The number of amides is 1. The fourth-order valence-corrected chi connectivity index (χ4v) is 2.82. The molecular weight excluding hydrogens is 272 g/mol. The first-order chi connectivity index (χ1) is 9.05. The van der Waals surface area contributed by atoms with Crippen LogP contribution in [-0.2, 0) is 10.2 Å². The van der Waals surface area contributed by atoms with E-state index in [9.17, 15) is 4.79 Å². The van der Waals surface area contributed by atoms with Gasteiger partial charge in [0.25, 0.3) is 0 Å². The quantitative estimate of drug-likeness (QED) is 0.932. The zero-order valence-corrected chi connectivity index (χ0v) is 13.2. The molecule has 1 unspecified atom stereocenters. The van der Waals surface area contributed by atoms with E-state index in [0.29, 0.717) is 12.5 Å². The lowest BCUT2D eigenvalue weighted by molar-refractivity contribution is -0.138. The monoisotopic (exact) mass is 296 g/mol. The highest BCUT2D eigenvalue weighted by Gasteiger charge is 2.35. The Morgan fingerprint density at radius 1 is 1.35 bits per heavy atom. The van der Waals surface area contributed by atoms with Crippen molar-refractivity contribution in [3.8, 4) is 0 Å². The van der Waals surface area contributed by atoms with Gasteiger partial charge in [0.05, 0.1) is 5.41 Å². The third-order valence-corrected chi connectivity index (χ3v) is 4.17. The van der Waals surface area contributed by atoms with Gasteiger partial charge < -0.3 is 10.6 Å². The van der Waals surface area contributed by atoms with Gasteiger partial charge >= 0.3 is 0 Å². The first-order valence-corrected chi connectivity index (χ1v) is 7.10. The molecule has 1 atom stereocenters. The molecule has 20 heavy (non-hydrogen) atoms. The molecule has 1 fully saturated rings. The molecular formula is C16H25ClN2O. The zero-order valence-electron chi connectivity index (χ0n) is 12.3. The van der Waals surface area contributed by atoms with Gasteiger partial charge in [0.2, 0.25) is 5.91 Å². The number of halogens is 1. The minimum absolute atomic E-state index is 0. The minimum atomic E-state index is -0.461. The van der Waals surface area contributed by atoms with Crippen molar-refractivity contribution in [2.24, 2.45) is 11.7 Å². The van der Waals surface area contributed by atoms with Crippen LogP contribution in [0.4, 0.5) is 0 Å². The van der Waals surface area contributed by atoms with Crippen LogP contribution in [-0.4, -0.2) is 30.4 Å². The molecule has 0 aromatic heterocycles. The van der Waals surface area contributed by atoms with Crippen LogP contribution in [0.25, 0.3) is 0 Å². The number of benzene rings is 1. The molecule has 0 bridgehead atoms. The SMILES string of the molecule is CC(C)(C(=O)N1CCCC(CN)C1)c1ccccc1.Cl. The summed E-state index contributed by atoms with van der Waals surface area (Å²) in [5.74, 6) is 0.682. The molecule has 112 valence electrons. The summed E-state index contributed by atoms with van der Waals surface area (Å²) in [7, 11) is 0. The van der Waals surface area contributed by atoms with Gasteiger partial charge in [-0.05, 0) is 44.7 Å². The fraction of sp³-hybridized carbons (Fsp3) is 0.562. The van der Waals surface area contributed by atoms with Gasteiger partial charge in [0, 0.05) is 13.1 Å². The van der Waals surface area contributed by atoms with E-state index in [4.69, 9.17) is 5.73 Å². The second-order valence-corrected chi connectivity index (χ2v) is 5.99. The standard InChI is InChI=1S/C16H24N2O.ClH/c1-16(2,14-8-4-3-5-9-14)15(19)18-10-6-7-13(11-17)12-18;/h3-5,8-9,13H,6-7,10-12,17H2,1-2H3;1H. The largest absolute Gasteiger partial charge is 0.342 e. The van der Waals surface area contributed by atoms with E-state index in [1.54, 1.807) is 0 Å². The van der Waals surface area contributed by atoms with E-state index in [1.165, 1.54) is 0 Å². The number of rotatable bonds is 3. The van der Waals surface area contributed by atoms with E-state index in [0.717, 1.165) is 31.5 Å². The summed E-state index contributed by atoms with van der Waals surface area (Å²) in [6, 6.07) is 10.0. The van der Waals surface area contributed by atoms with E-state index < -0.39 is 5.41 Å². The zero-order chi connectivity index (χ0) is 13.9. The molecule has 1 aliphatic heterocycles. The fourth-order valence-electron chi connectivity index (χ4n) is 2.82. The predicted molar refractivity (Wildman–Crippen MR) is 85.1 cm³/mol. The lowest BCUT2D eigenvalue weighted by Gasteiger charge is -2.37. The Morgan fingerprint density at radius 3 is 2.60 bits per heavy atom. The maximum atomic E-state index is 12.8. The van der Waals surface area contributed by atoms with Gasteiger partial charge in [-0.25, -0.2) is 0 Å². The Hall–Kier alpha value is -1.06. The van der Waals surface area contributed by atoms with E-state index in [1.807, 2.05) is 49.1 Å². The Labute approximate surface area is 127 Å². The molecule has 1 heterocycles. The minimum Gasteiger partial charge on any atom is -0.342 e. The van der Waals surface area contributed by atoms with E-state index in [2.05, 4.69) is 0 Å². The number of likely N-dealkylation sites (tertiary alicyclic amines) is 1. The molecule has 0 saturated carbocycles. The molecule has 0 aliphatic carbocycles. The summed E-state index contributed by atoms with van der Waals surface area (Å²) in [4.78, 5) is 14.8. The Morgan fingerprint density at radius 2 is 2.00 bits per heavy atom. The highest BCUT2D eigenvalue weighted by atomic mass is 35.5. The van der Waals surface area contributed by atoms with Crippen molar-refractivity contribution in [1.82, 2.24) is 4.90 Å². The number of piperidine rings is 1. The van der Waals surface area contributed by atoms with Crippen LogP contribution in [0.3, 0.4) is 0 Å². The Kier molecular flexibility index (Phi) is 6.03. The first-order valence-electron chi connectivity index (χ1n) is 7.10. The van der Waals surface area contributed by atoms with Gasteiger partial charge in [-0.15, -0.1) is 12.4 Å². The van der Waals surface area contributed by atoms with Crippen molar-refractivity contribution in [2.75, 3.05) is 19.6 Å². The van der Waals surface area contributed by atoms with Crippen LogP contribution in [0, 0.1) is 5.92 Å². The molecule has 0 radical (unpaired) electrons. The molecule has 1 aromatic carbocycles. The van der Waals surface area contributed by atoms with Crippen molar-refractivity contribution in [2.45, 2.75) is 32.1 Å². The van der Waals surface area contributed by atoms with Gasteiger partial charge in [-0.2, -0.15) is 0 Å². The third kappa shape index (κ3) is 3.53. The number of nitrogens with two attached hydrogens (primary N) is 1. The average Bonchev–Trinajstić information content (AvgIpc) is 2.47. The molecule has 0 spiro atoms. The van der Waals surface area contributed by atoms with Crippen LogP contribution in [0.5, 0.6) is 0 Å². The molecule has 1 amide bonds. The normalized spacial score (nSPS) is 19.4. The predicted octanol–water partition coefficient (Wildman–Crippen LogP) is 2.58. The van der Waals surface area contributed by atoms with Gasteiger partial charge in [-0.3, -0.25) is 4.79 Å². The van der Waals surface area contributed by atoms with Crippen molar-refractivity contribution in [1.29, 1.82) is 0 Å². The van der Waals surface area contributed by atoms with Crippen LogP contribution in [0.15, 0.2) is 30.3 Å². The molecule has 1 aromatic rings. The van der Waals surface area contributed by atoms with Crippen molar-refractivity contribution >= 4 is 18.3 Å². The Bertz CT molecular complexity index is 433. The third-order valence-electron chi connectivity index (χ3n) is 4.17. The summed E-state index contributed by atoms with van der Waals surface area (Å²) < 4.78 is 0. The summed E-state index contributed by atoms with van der Waals surface area (Å²) in [5.41, 5.74) is 6.37. The summed E-state index contributed by atoms with van der Waals surface area (Å²) in [5, 5.41) is 0. The number of carbonyl (C=O) groups is 1. The second-order valence-electron chi connectivity index (χ2n) is 5.99. The van der Waals surface area contributed by atoms with Crippen molar-refractivity contribution in [3.05, 3.63) is 35.9 Å². The molecule has 1 saturated heterocycles. The smallest absolute Gasteiger partial charge is 0.232 e. The highest BCUT2D eigenvalue weighted by Crippen LogP contribution is 2.27. The topological polar surface area (TPSA) is 46.3 Å². The molecule has 2 rings (SSSR count). The lowest BCUT2D eigenvalue weighted by atomic mass is 9.82. The number of hydrogen-bond acceptors (Lipinski definition) is 2. The molecule has 2 N–H and O–H groups in total. The highest BCUT2D eigenvalue weighted by molar-refractivity contribution is 5.87. The number of hydrogen-bond donors (Lipinski definition) is 1. The van der Waals surface area contributed by atoms with Crippen LogP contribution in [0.1, 0.15) is 32.3 Å². The maximum Gasteiger partial charge on any atom is 0.232 e. The van der Waals surface area contributed by atoms with Gasteiger partial charge in [-0.1, -0.05) is 30.3 Å². The van der Waals surface area contributed by atoms with E-state index in [-0.39, 0.29) is 18.3 Å². The maximum absolute atomic E-state index is 12.8. The Balaban J connectivity index is 0.00000200. The summed E-state index contributed by atoms with van der Waals surface area (Å²) in [6.07, 6.45) is 2.21. The number of carbonyl (C=O) groups excluding carboxylic acids is 1. The molecule has 1 aliphatic rings. The van der Waals surface area contributed by atoms with Crippen molar-refractivity contribution in [3.63, 3.8) is 0 Å². The van der Waals surface area contributed by atoms with Gasteiger partial charge in [0.1, 0.15) is 0 Å². The first kappa shape index (κ1) is 17.0. The second kappa shape index (κ2) is 7.09. The van der Waals surface area contributed by atoms with E-state index >= 15 is 0 Å². The van der Waals surface area contributed by atoms with Gasteiger partial charge in [0.15, 0.2) is 0 Å². The number of nitrogens with zero attached hydrogens (tertiary/aromatic N) is 1. The van der Waals surface area contributed by atoms with Crippen LogP contribution >= 0.6 is 12.4 Å².